The van der Waals surface area contributed by atoms with Crippen LogP contribution in [0.4, 0.5) is 0 Å². The predicted octanol–water partition coefficient (Wildman–Crippen LogP) is 3.09. The number of halogens is 1. The topological polar surface area (TPSA) is 93.1 Å². The van der Waals surface area contributed by atoms with Crippen molar-refractivity contribution < 1.29 is 29.3 Å². The fourth-order valence-corrected chi connectivity index (χ4v) is 6.42. The molecule has 7 unspecified atom stereocenters. The van der Waals surface area contributed by atoms with Crippen LogP contribution in [-0.2, 0) is 14.3 Å². The molecule has 6 nitrogen and oxygen atoms in total. The highest BCUT2D eigenvalue weighted by atomic mass is 79.9. The molecule has 2 N–H and O–H groups in total. The molecule has 3 fully saturated rings. The van der Waals surface area contributed by atoms with Crippen molar-refractivity contribution in [3.05, 3.63) is 34.3 Å². The SMILES string of the molecule is CC1C2CC3(CC(=O)O2)C(C)CC(O)C3(O)C1(C)COC(=O)c1ccc(Br)cc1. The number of aliphatic hydroxyl groups is 2. The molecule has 0 aromatic heterocycles. The summed E-state index contributed by atoms with van der Waals surface area (Å²) in [6.45, 7) is 5.64. The molecule has 0 amide bonds. The van der Waals surface area contributed by atoms with Gasteiger partial charge < -0.3 is 19.7 Å². The van der Waals surface area contributed by atoms with Crippen molar-refractivity contribution in [1.82, 2.24) is 0 Å². The molecule has 1 spiro atoms. The van der Waals surface area contributed by atoms with Gasteiger partial charge in [-0.05, 0) is 43.0 Å². The van der Waals surface area contributed by atoms with E-state index in [0.29, 0.717) is 18.4 Å². The van der Waals surface area contributed by atoms with Gasteiger partial charge in [0.1, 0.15) is 18.3 Å². The molecule has 7 heteroatoms. The molecule has 4 rings (SSSR count). The third kappa shape index (κ3) is 2.73. The number of esters is 2. The second-order valence-corrected chi connectivity index (χ2v) is 10.2. The van der Waals surface area contributed by atoms with Gasteiger partial charge >= 0.3 is 11.9 Å². The Morgan fingerprint density at radius 2 is 1.97 bits per heavy atom. The third-order valence-electron chi connectivity index (χ3n) is 8.09. The van der Waals surface area contributed by atoms with E-state index in [1.54, 1.807) is 24.3 Å². The minimum absolute atomic E-state index is 0.0492. The number of hydrogen-bond donors (Lipinski definition) is 2. The minimum Gasteiger partial charge on any atom is -0.462 e. The van der Waals surface area contributed by atoms with E-state index in [4.69, 9.17) is 9.47 Å². The lowest BCUT2D eigenvalue weighted by atomic mass is 9.46. The Bertz CT molecular complexity index is 840. The summed E-state index contributed by atoms with van der Waals surface area (Å²) in [7, 11) is 0. The normalized spacial score (nSPS) is 43.4. The van der Waals surface area contributed by atoms with Gasteiger partial charge in [0.25, 0.3) is 0 Å². The molecule has 2 aliphatic carbocycles. The maximum atomic E-state index is 12.6. The summed E-state index contributed by atoms with van der Waals surface area (Å²) in [6, 6.07) is 6.85. The predicted molar refractivity (Wildman–Crippen MR) is 108 cm³/mol. The molecule has 158 valence electrons. The Morgan fingerprint density at radius 3 is 2.62 bits per heavy atom. The molecule has 1 aliphatic heterocycles. The molecule has 3 aliphatic rings. The number of rotatable bonds is 3. The zero-order chi connectivity index (χ0) is 21.2. The Morgan fingerprint density at radius 1 is 1.31 bits per heavy atom. The van der Waals surface area contributed by atoms with Gasteiger partial charge in [0.15, 0.2) is 0 Å². The molecule has 2 saturated carbocycles. The fraction of sp³-hybridized carbons (Fsp3) is 0.636. The number of benzene rings is 1. The number of aliphatic hydroxyl groups excluding tert-OH is 1. The Kier molecular flexibility index (Phi) is 4.87. The largest absolute Gasteiger partial charge is 0.462 e. The summed E-state index contributed by atoms with van der Waals surface area (Å²) < 4.78 is 12.1. The monoisotopic (exact) mass is 466 g/mol. The summed E-state index contributed by atoms with van der Waals surface area (Å²) >= 11 is 3.34. The Balaban J connectivity index is 1.68. The van der Waals surface area contributed by atoms with Crippen LogP contribution in [0.15, 0.2) is 28.7 Å². The van der Waals surface area contributed by atoms with Crippen LogP contribution in [0, 0.1) is 22.7 Å². The quantitative estimate of drug-likeness (QED) is 0.664. The van der Waals surface area contributed by atoms with E-state index in [9.17, 15) is 19.8 Å². The lowest BCUT2D eigenvalue weighted by molar-refractivity contribution is -0.292. The van der Waals surface area contributed by atoms with Crippen LogP contribution in [0.2, 0.25) is 0 Å². The van der Waals surface area contributed by atoms with Gasteiger partial charge in [-0.25, -0.2) is 4.79 Å². The lowest BCUT2D eigenvalue weighted by Gasteiger charge is -2.64. The van der Waals surface area contributed by atoms with Gasteiger partial charge in [0.05, 0.1) is 18.1 Å². The van der Waals surface area contributed by atoms with Gasteiger partial charge in [-0.2, -0.15) is 0 Å². The van der Waals surface area contributed by atoms with E-state index in [1.165, 1.54) is 0 Å². The van der Waals surface area contributed by atoms with Gasteiger partial charge in [-0.15, -0.1) is 0 Å². The van der Waals surface area contributed by atoms with Crippen molar-refractivity contribution in [3.8, 4) is 0 Å². The van der Waals surface area contributed by atoms with Crippen LogP contribution >= 0.6 is 15.9 Å². The maximum Gasteiger partial charge on any atom is 0.338 e. The molecule has 1 saturated heterocycles. The van der Waals surface area contributed by atoms with Crippen molar-refractivity contribution in [3.63, 3.8) is 0 Å². The molecule has 1 aromatic rings. The molecule has 0 radical (unpaired) electrons. The first-order valence-electron chi connectivity index (χ1n) is 10.1. The van der Waals surface area contributed by atoms with Crippen LogP contribution in [0.3, 0.4) is 0 Å². The highest BCUT2D eigenvalue weighted by Gasteiger charge is 2.76. The van der Waals surface area contributed by atoms with Crippen LogP contribution < -0.4 is 0 Å². The molecule has 29 heavy (non-hydrogen) atoms. The van der Waals surface area contributed by atoms with Crippen molar-refractivity contribution >= 4 is 27.9 Å². The smallest absolute Gasteiger partial charge is 0.338 e. The molecule has 1 heterocycles. The number of hydrogen-bond acceptors (Lipinski definition) is 6. The minimum atomic E-state index is -1.55. The van der Waals surface area contributed by atoms with E-state index in [-0.39, 0.29) is 36.9 Å². The Hall–Kier alpha value is -1.44. The van der Waals surface area contributed by atoms with Crippen molar-refractivity contribution in [2.45, 2.75) is 57.8 Å². The van der Waals surface area contributed by atoms with E-state index in [1.807, 2.05) is 20.8 Å². The molecule has 7 atom stereocenters. The first-order chi connectivity index (χ1) is 13.5. The summed E-state index contributed by atoms with van der Waals surface area (Å²) in [5, 5.41) is 23.0. The van der Waals surface area contributed by atoms with E-state index < -0.39 is 28.5 Å². The van der Waals surface area contributed by atoms with Crippen molar-refractivity contribution in [2.75, 3.05) is 6.61 Å². The van der Waals surface area contributed by atoms with Crippen LogP contribution in [0.25, 0.3) is 0 Å². The number of ether oxygens (including phenoxy) is 2. The van der Waals surface area contributed by atoms with Crippen molar-refractivity contribution in [1.29, 1.82) is 0 Å². The average Bonchev–Trinajstić information content (AvgIpc) is 2.86. The molecular weight excluding hydrogens is 440 g/mol. The summed E-state index contributed by atoms with van der Waals surface area (Å²) in [4.78, 5) is 25.0. The second kappa shape index (κ2) is 6.79. The molecule has 2 bridgehead atoms. The first kappa shape index (κ1) is 20.8. The highest BCUT2D eigenvalue weighted by Crippen LogP contribution is 2.69. The van der Waals surface area contributed by atoms with Crippen LogP contribution in [0.5, 0.6) is 0 Å². The Labute approximate surface area is 178 Å². The van der Waals surface area contributed by atoms with Gasteiger partial charge in [0.2, 0.25) is 0 Å². The molecular formula is C22H27BrO6. The van der Waals surface area contributed by atoms with E-state index in [2.05, 4.69) is 15.9 Å². The van der Waals surface area contributed by atoms with E-state index >= 15 is 0 Å². The number of fused-ring (bicyclic) bond motifs is 1. The first-order valence-corrected chi connectivity index (χ1v) is 10.9. The highest BCUT2D eigenvalue weighted by molar-refractivity contribution is 9.10. The standard InChI is InChI=1S/C22H27BrO6/c1-12-8-17(24)22(27)20(3,11-28-19(26)14-4-6-15(23)7-5-14)13(2)16-9-21(12,22)10-18(25)29-16/h4-7,12-13,16-17,24,27H,8-11H2,1-3H3. The summed E-state index contributed by atoms with van der Waals surface area (Å²) in [6.07, 6.45) is -0.380. The number of carbonyl (C=O) groups is 2. The maximum absolute atomic E-state index is 12.6. The lowest BCUT2D eigenvalue weighted by Crippen LogP contribution is -2.73. The van der Waals surface area contributed by atoms with Gasteiger partial charge in [-0.1, -0.05) is 36.7 Å². The fourth-order valence-electron chi connectivity index (χ4n) is 6.16. The third-order valence-corrected chi connectivity index (χ3v) is 8.61. The number of carbonyl (C=O) groups excluding carboxylic acids is 2. The van der Waals surface area contributed by atoms with Crippen LogP contribution in [-0.4, -0.2) is 46.6 Å². The average molecular weight is 467 g/mol. The van der Waals surface area contributed by atoms with Crippen LogP contribution in [0.1, 0.15) is 50.4 Å². The molecule has 1 aromatic carbocycles. The summed E-state index contributed by atoms with van der Waals surface area (Å²) in [5.41, 5.74) is -2.88. The van der Waals surface area contributed by atoms with Gasteiger partial charge in [-0.3, -0.25) is 4.79 Å². The second-order valence-electron chi connectivity index (χ2n) is 9.27. The summed E-state index contributed by atoms with van der Waals surface area (Å²) in [5.74, 6) is -1.16. The zero-order valence-corrected chi connectivity index (χ0v) is 18.4. The van der Waals surface area contributed by atoms with Gasteiger partial charge in [0, 0.05) is 21.2 Å². The van der Waals surface area contributed by atoms with E-state index in [0.717, 1.165) is 4.47 Å². The zero-order valence-electron chi connectivity index (χ0n) is 16.9. The van der Waals surface area contributed by atoms with Crippen molar-refractivity contribution in [2.24, 2.45) is 22.7 Å².